The minimum Gasteiger partial charge on any atom is -0.508 e. The summed E-state index contributed by atoms with van der Waals surface area (Å²) in [5.41, 5.74) is -6.30. The second-order valence-electron chi connectivity index (χ2n) is 10.8. The molecule has 1 fully saturated rings. The van der Waals surface area contributed by atoms with Crippen LogP contribution in [0.2, 0.25) is 0 Å². The van der Waals surface area contributed by atoms with Gasteiger partial charge in [-0.3, -0.25) is 14.4 Å². The summed E-state index contributed by atoms with van der Waals surface area (Å²) in [6.07, 6.45) is -1.34. The molecule has 4 aliphatic rings. The van der Waals surface area contributed by atoms with Crippen molar-refractivity contribution in [2.45, 2.75) is 36.2 Å². The van der Waals surface area contributed by atoms with E-state index in [9.17, 15) is 45.0 Å². The molecule has 3 aromatic rings. The van der Waals surface area contributed by atoms with Gasteiger partial charge in [-0.15, -0.1) is 0 Å². The third-order valence-corrected chi connectivity index (χ3v) is 9.24. The highest BCUT2D eigenvalue weighted by Crippen LogP contribution is 2.68. The number of benzene rings is 3. The molecule has 40 heavy (non-hydrogen) atoms. The molecule has 11 nitrogen and oxygen atoms in total. The first-order valence-electron chi connectivity index (χ1n) is 12.6. The van der Waals surface area contributed by atoms with Gasteiger partial charge in [0.2, 0.25) is 11.6 Å². The van der Waals surface area contributed by atoms with E-state index in [0.29, 0.717) is 5.56 Å². The average Bonchev–Trinajstić information content (AvgIpc) is 2.91. The number of ketones is 3. The van der Waals surface area contributed by atoms with Gasteiger partial charge in [0.1, 0.15) is 40.3 Å². The Labute approximate surface area is 225 Å². The minimum atomic E-state index is -2.42. The van der Waals surface area contributed by atoms with Gasteiger partial charge in [-0.1, -0.05) is 19.1 Å². The van der Waals surface area contributed by atoms with Gasteiger partial charge in [0.25, 0.3) is 0 Å². The van der Waals surface area contributed by atoms with Crippen LogP contribution in [0.3, 0.4) is 0 Å². The van der Waals surface area contributed by atoms with Crippen molar-refractivity contribution < 1.29 is 49.8 Å². The maximum atomic E-state index is 13.9. The van der Waals surface area contributed by atoms with Crippen LogP contribution in [-0.2, 0) is 15.1 Å². The largest absolute Gasteiger partial charge is 0.508 e. The molecule has 11 heteroatoms. The Kier molecular flexibility index (Phi) is 4.54. The fourth-order valence-corrected chi connectivity index (χ4v) is 7.49. The van der Waals surface area contributed by atoms with Crippen LogP contribution in [0.25, 0.3) is 0 Å². The molecular formula is C29H23NO10. The fraction of sp³-hybridized carbons (Fsp3) is 0.276. The Morgan fingerprint density at radius 3 is 2.05 bits per heavy atom. The predicted molar refractivity (Wildman–Crippen MR) is 136 cm³/mol. The Hall–Kier alpha value is -4.45. The third kappa shape index (κ3) is 2.41. The number of methoxy groups -OCH3 is 1. The van der Waals surface area contributed by atoms with Crippen molar-refractivity contribution in [3.63, 3.8) is 0 Å². The number of carbonyl (C=O) groups is 3. The normalized spacial score (nSPS) is 31.1. The Balaban J connectivity index is 1.61. The van der Waals surface area contributed by atoms with Crippen molar-refractivity contribution in [1.29, 1.82) is 0 Å². The highest BCUT2D eigenvalue weighted by Gasteiger charge is 2.75. The molecule has 0 unspecified atom stereocenters. The number of aliphatic hydroxyl groups is 2. The zero-order chi connectivity index (χ0) is 28.6. The molecule has 0 spiro atoms. The average molecular weight is 546 g/mol. The molecule has 0 aromatic heterocycles. The summed E-state index contributed by atoms with van der Waals surface area (Å²) in [6, 6.07) is 6.37. The molecule has 0 amide bonds. The van der Waals surface area contributed by atoms with Crippen molar-refractivity contribution in [1.82, 2.24) is 0 Å². The van der Waals surface area contributed by atoms with Gasteiger partial charge in [-0.2, -0.15) is 0 Å². The molecule has 1 saturated carbocycles. The molecule has 7 N–H and O–H groups in total. The lowest BCUT2D eigenvalue weighted by molar-refractivity contribution is -0.248. The number of Topliss-reactive ketones (excluding diaryl/α,β-unsaturated/α-hetero) is 1. The fourth-order valence-electron chi connectivity index (χ4n) is 7.49. The van der Waals surface area contributed by atoms with Gasteiger partial charge in [0.05, 0.1) is 45.8 Å². The lowest BCUT2D eigenvalue weighted by Gasteiger charge is -2.64. The van der Waals surface area contributed by atoms with Crippen molar-refractivity contribution in [2.24, 2.45) is 5.92 Å². The summed E-state index contributed by atoms with van der Waals surface area (Å²) < 4.78 is 5.55. The molecule has 4 bridgehead atoms. The van der Waals surface area contributed by atoms with Gasteiger partial charge < -0.3 is 40.7 Å². The summed E-state index contributed by atoms with van der Waals surface area (Å²) in [5, 5.41) is 71.0. The second kappa shape index (κ2) is 7.39. The van der Waals surface area contributed by atoms with E-state index in [-0.39, 0.29) is 28.1 Å². The Bertz CT molecular complexity index is 1750. The smallest absolute Gasteiger partial charge is 0.202 e. The Morgan fingerprint density at radius 2 is 1.43 bits per heavy atom. The molecule has 0 saturated heterocycles. The zero-order valence-electron chi connectivity index (χ0n) is 21.1. The maximum Gasteiger partial charge on any atom is 0.202 e. The van der Waals surface area contributed by atoms with E-state index in [1.807, 2.05) is 0 Å². The molecule has 3 aliphatic carbocycles. The van der Waals surface area contributed by atoms with Crippen molar-refractivity contribution in [3.05, 3.63) is 75.3 Å². The number of phenolic OH excluding ortho intramolecular Hbond substituents is 4. The minimum absolute atomic E-state index is 0.105. The quantitative estimate of drug-likeness (QED) is 0.172. The predicted octanol–water partition coefficient (Wildman–Crippen LogP) is 1.70. The Morgan fingerprint density at radius 1 is 0.825 bits per heavy atom. The monoisotopic (exact) mass is 545 g/mol. The van der Waals surface area contributed by atoms with Crippen LogP contribution in [0, 0.1) is 5.92 Å². The van der Waals surface area contributed by atoms with E-state index in [0.717, 1.165) is 18.2 Å². The zero-order valence-corrected chi connectivity index (χ0v) is 21.1. The summed E-state index contributed by atoms with van der Waals surface area (Å²) >= 11 is 0. The number of anilines is 1. The van der Waals surface area contributed by atoms with Crippen LogP contribution in [0.1, 0.15) is 67.4 Å². The molecule has 6 atom stereocenters. The maximum absolute atomic E-state index is 13.9. The van der Waals surface area contributed by atoms with Gasteiger partial charge in [-0.25, -0.2) is 0 Å². The van der Waals surface area contributed by atoms with Gasteiger partial charge in [0.15, 0.2) is 5.78 Å². The van der Waals surface area contributed by atoms with Crippen LogP contribution in [0.4, 0.5) is 5.69 Å². The van der Waals surface area contributed by atoms with E-state index in [2.05, 4.69) is 5.32 Å². The third-order valence-electron chi connectivity index (χ3n) is 9.24. The van der Waals surface area contributed by atoms with Crippen LogP contribution in [0.5, 0.6) is 23.0 Å². The molecule has 7 rings (SSSR count). The molecule has 204 valence electrons. The van der Waals surface area contributed by atoms with Crippen LogP contribution in [-0.4, -0.2) is 66.8 Å². The SMILES string of the molecule is CO[C@@H]1C(=O)[C@H](C)[C@]2(O)[C@H]3Nc4c(cc(O)c5c4C(=O)c4c(O)ccc(O)c4C5=O)[C@@]2(O)[C@@H]1c1c(O)cccc13. The van der Waals surface area contributed by atoms with Gasteiger partial charge in [0, 0.05) is 18.2 Å². The number of carbonyl (C=O) groups excluding carboxylic acids is 3. The highest BCUT2D eigenvalue weighted by atomic mass is 16.5. The summed E-state index contributed by atoms with van der Waals surface area (Å²) in [7, 11) is 1.26. The number of aromatic hydroxyl groups is 4. The van der Waals surface area contributed by atoms with E-state index in [4.69, 9.17) is 4.74 Å². The van der Waals surface area contributed by atoms with E-state index in [1.54, 1.807) is 6.07 Å². The number of nitrogens with one attached hydrogen (secondary N) is 1. The molecule has 1 heterocycles. The summed E-state index contributed by atoms with van der Waals surface area (Å²) in [4.78, 5) is 40.9. The van der Waals surface area contributed by atoms with E-state index in [1.165, 1.54) is 26.2 Å². The molecule has 1 aliphatic heterocycles. The molecule has 0 radical (unpaired) electrons. The number of hydrogen-bond acceptors (Lipinski definition) is 11. The molecular weight excluding hydrogens is 522 g/mol. The van der Waals surface area contributed by atoms with E-state index < -0.39 is 86.5 Å². The summed E-state index contributed by atoms with van der Waals surface area (Å²) in [5.74, 6) is -7.11. The van der Waals surface area contributed by atoms with Crippen molar-refractivity contribution in [2.75, 3.05) is 12.4 Å². The first-order valence-corrected chi connectivity index (χ1v) is 12.6. The van der Waals surface area contributed by atoms with Crippen LogP contribution < -0.4 is 5.32 Å². The standard InChI is InChI=1S/C29H23NO10/c1-9-23(35)26(40-2)21-16-10(4-3-5-12(16)31)27-28(9,38)29(21,39)11-8-15(34)19-20(22(11)30-27)25(37)18-14(33)7-6-13(32)17(18)24(19)36/h3-9,21,26-27,30-34,38-39H,1-2H3/t9-,21+,26-,27-,28-,29+/m0/s1. The molecule has 3 aromatic carbocycles. The van der Waals surface area contributed by atoms with E-state index >= 15 is 0 Å². The van der Waals surface area contributed by atoms with Crippen LogP contribution >= 0.6 is 0 Å². The second-order valence-corrected chi connectivity index (χ2v) is 10.8. The lowest BCUT2D eigenvalue weighted by atomic mass is 9.47. The number of hydrogen-bond donors (Lipinski definition) is 7. The first-order chi connectivity index (χ1) is 18.9. The van der Waals surface area contributed by atoms with Gasteiger partial charge >= 0.3 is 0 Å². The number of rotatable bonds is 1. The lowest BCUT2D eigenvalue weighted by Crippen LogP contribution is -2.75. The number of fused-ring (bicyclic) bond motifs is 7. The van der Waals surface area contributed by atoms with Gasteiger partial charge in [-0.05, 0) is 29.8 Å². The van der Waals surface area contributed by atoms with Crippen molar-refractivity contribution in [3.8, 4) is 23.0 Å². The first kappa shape index (κ1) is 24.6. The summed E-state index contributed by atoms with van der Waals surface area (Å²) in [6.45, 7) is 1.44. The number of ether oxygens (including phenoxy) is 1. The van der Waals surface area contributed by atoms with Crippen LogP contribution in [0.15, 0.2) is 36.4 Å². The highest BCUT2D eigenvalue weighted by molar-refractivity contribution is 6.33. The topological polar surface area (TPSA) is 194 Å². The van der Waals surface area contributed by atoms with Crippen molar-refractivity contribution >= 4 is 23.0 Å². The number of phenols is 4.